The molecule has 1 N–H and O–H groups in total. The predicted octanol–water partition coefficient (Wildman–Crippen LogP) is 3.31. The van der Waals surface area contributed by atoms with Crippen molar-refractivity contribution in [3.05, 3.63) is 48.3 Å². The van der Waals surface area contributed by atoms with Gasteiger partial charge in [0.05, 0.1) is 10.6 Å². The van der Waals surface area contributed by atoms with E-state index in [-0.39, 0.29) is 23.4 Å². The molecule has 5 rings (SSSR count). The lowest BCUT2D eigenvalue weighted by atomic mass is 9.95. The number of sulfonamides is 1. The van der Waals surface area contributed by atoms with Gasteiger partial charge in [0.1, 0.15) is 12.4 Å². The van der Waals surface area contributed by atoms with Crippen LogP contribution < -0.4 is 9.62 Å². The zero-order valence-electron chi connectivity index (χ0n) is 15.3. The second-order valence-electron chi connectivity index (χ2n) is 8.02. The molecule has 3 atom stereocenters. The predicted molar refractivity (Wildman–Crippen MR) is 104 cm³/mol. The van der Waals surface area contributed by atoms with Gasteiger partial charge in [-0.2, -0.15) is 0 Å². The van der Waals surface area contributed by atoms with Crippen LogP contribution in [0.4, 0.5) is 10.1 Å². The third-order valence-corrected chi connectivity index (χ3v) is 8.16. The Morgan fingerprint density at radius 1 is 1.11 bits per heavy atom. The van der Waals surface area contributed by atoms with E-state index in [1.54, 1.807) is 18.2 Å². The third-order valence-electron chi connectivity index (χ3n) is 6.34. The number of hydrogen-bond acceptors (Lipinski definition) is 3. The molecular weight excluding hydrogens is 379 g/mol. The van der Waals surface area contributed by atoms with Crippen molar-refractivity contribution in [3.8, 4) is 11.1 Å². The summed E-state index contributed by atoms with van der Waals surface area (Å²) in [6.45, 7) is -0.302. The molecule has 0 radical (unpaired) electrons. The molecule has 1 amide bonds. The zero-order valence-corrected chi connectivity index (χ0v) is 16.1. The van der Waals surface area contributed by atoms with Crippen LogP contribution in [0.3, 0.4) is 0 Å². The Morgan fingerprint density at radius 3 is 2.68 bits per heavy atom. The van der Waals surface area contributed by atoms with Crippen molar-refractivity contribution in [2.24, 2.45) is 11.8 Å². The SMILES string of the molecule is O=C(CN1c2ccc(F)cc2-c2ccccc2S1(=O)=O)N[C@H]1C[C@@H]2CC[C@@H]1C2. The first-order valence-corrected chi connectivity index (χ1v) is 11.1. The van der Waals surface area contributed by atoms with Gasteiger partial charge in [0.2, 0.25) is 5.91 Å². The number of benzene rings is 2. The molecule has 2 saturated carbocycles. The van der Waals surface area contributed by atoms with E-state index < -0.39 is 15.8 Å². The minimum absolute atomic E-state index is 0.0980. The molecule has 2 bridgehead atoms. The lowest BCUT2D eigenvalue weighted by molar-refractivity contribution is -0.120. The van der Waals surface area contributed by atoms with E-state index in [1.165, 1.54) is 30.7 Å². The van der Waals surface area contributed by atoms with Crippen LogP contribution in [0.15, 0.2) is 47.4 Å². The molecule has 0 saturated heterocycles. The fraction of sp³-hybridized carbons (Fsp3) is 0.381. The molecule has 1 heterocycles. The normalized spacial score (nSPS) is 26.6. The number of nitrogens with one attached hydrogen (secondary N) is 1. The molecule has 2 fully saturated rings. The van der Waals surface area contributed by atoms with Crippen LogP contribution in [-0.4, -0.2) is 26.9 Å². The molecule has 0 spiro atoms. The van der Waals surface area contributed by atoms with E-state index in [9.17, 15) is 17.6 Å². The number of amides is 1. The van der Waals surface area contributed by atoms with Crippen molar-refractivity contribution in [3.63, 3.8) is 0 Å². The minimum Gasteiger partial charge on any atom is -0.352 e. The van der Waals surface area contributed by atoms with Gasteiger partial charge in [0.25, 0.3) is 10.0 Å². The molecule has 2 aromatic rings. The Kier molecular flexibility index (Phi) is 3.98. The van der Waals surface area contributed by atoms with Gasteiger partial charge in [0, 0.05) is 17.2 Å². The van der Waals surface area contributed by atoms with E-state index in [4.69, 9.17) is 0 Å². The molecule has 7 heteroatoms. The molecule has 2 aromatic carbocycles. The average Bonchev–Trinajstić information content (AvgIpc) is 3.28. The maximum atomic E-state index is 13.9. The number of anilines is 1. The molecule has 5 nitrogen and oxygen atoms in total. The Morgan fingerprint density at radius 2 is 1.93 bits per heavy atom. The molecule has 28 heavy (non-hydrogen) atoms. The van der Waals surface area contributed by atoms with Gasteiger partial charge in [-0.05, 0) is 55.4 Å². The van der Waals surface area contributed by atoms with E-state index in [0.29, 0.717) is 28.7 Å². The van der Waals surface area contributed by atoms with Crippen molar-refractivity contribution in [2.75, 3.05) is 10.8 Å². The first-order chi connectivity index (χ1) is 13.4. The number of halogens is 1. The quantitative estimate of drug-likeness (QED) is 0.860. The standard InChI is InChI=1S/C21H21FN2O3S/c22-15-7-8-19-17(11-15)16-3-1-2-4-20(16)28(26,27)24(19)12-21(25)23-18-10-13-5-6-14(18)9-13/h1-4,7-8,11,13-14,18H,5-6,9-10,12H2,(H,23,25)/t13-,14-,18+/m1/s1. The largest absolute Gasteiger partial charge is 0.352 e. The molecular formula is C21H21FN2O3S. The van der Waals surface area contributed by atoms with E-state index in [1.807, 2.05) is 0 Å². The molecule has 1 aliphatic heterocycles. The Balaban J connectivity index is 1.48. The van der Waals surface area contributed by atoms with Crippen LogP contribution in [0.25, 0.3) is 11.1 Å². The van der Waals surface area contributed by atoms with Crippen molar-refractivity contribution in [1.82, 2.24) is 5.32 Å². The molecule has 146 valence electrons. The molecule has 2 aliphatic carbocycles. The number of nitrogens with zero attached hydrogens (tertiary/aromatic N) is 1. The van der Waals surface area contributed by atoms with Gasteiger partial charge in [-0.3, -0.25) is 9.10 Å². The summed E-state index contributed by atoms with van der Waals surface area (Å²) in [5.41, 5.74) is 1.28. The van der Waals surface area contributed by atoms with Crippen molar-refractivity contribution in [2.45, 2.75) is 36.6 Å². The van der Waals surface area contributed by atoms with Gasteiger partial charge < -0.3 is 5.32 Å². The number of fused-ring (bicyclic) bond motifs is 5. The van der Waals surface area contributed by atoms with E-state index in [2.05, 4.69) is 5.32 Å². The van der Waals surface area contributed by atoms with Gasteiger partial charge in [-0.15, -0.1) is 0 Å². The highest BCUT2D eigenvalue weighted by Gasteiger charge is 2.41. The smallest absolute Gasteiger partial charge is 0.265 e. The monoisotopic (exact) mass is 400 g/mol. The lowest BCUT2D eigenvalue weighted by Crippen LogP contribution is -2.46. The molecule has 0 unspecified atom stereocenters. The average molecular weight is 400 g/mol. The van der Waals surface area contributed by atoms with E-state index in [0.717, 1.165) is 23.6 Å². The van der Waals surface area contributed by atoms with Crippen LogP contribution in [0.2, 0.25) is 0 Å². The van der Waals surface area contributed by atoms with Gasteiger partial charge in [-0.1, -0.05) is 24.6 Å². The number of carbonyl (C=O) groups excluding carboxylic acids is 1. The van der Waals surface area contributed by atoms with Crippen molar-refractivity contribution >= 4 is 21.6 Å². The highest BCUT2D eigenvalue weighted by Crippen LogP contribution is 2.45. The summed E-state index contributed by atoms with van der Waals surface area (Å²) in [6.07, 6.45) is 4.50. The van der Waals surface area contributed by atoms with Gasteiger partial charge in [0.15, 0.2) is 0 Å². The summed E-state index contributed by atoms with van der Waals surface area (Å²) >= 11 is 0. The Labute approximate surface area is 163 Å². The zero-order chi connectivity index (χ0) is 19.5. The van der Waals surface area contributed by atoms with Gasteiger partial charge >= 0.3 is 0 Å². The van der Waals surface area contributed by atoms with Crippen LogP contribution in [0, 0.1) is 17.7 Å². The number of hydrogen-bond donors (Lipinski definition) is 1. The van der Waals surface area contributed by atoms with Crippen molar-refractivity contribution < 1.29 is 17.6 Å². The van der Waals surface area contributed by atoms with Crippen LogP contribution >= 0.6 is 0 Å². The fourth-order valence-corrected chi connectivity index (χ4v) is 6.73. The summed E-state index contributed by atoms with van der Waals surface area (Å²) in [4.78, 5) is 12.8. The number of rotatable bonds is 3. The third kappa shape index (κ3) is 2.71. The van der Waals surface area contributed by atoms with Crippen LogP contribution in [0.1, 0.15) is 25.7 Å². The Hall–Kier alpha value is -2.41. The summed E-state index contributed by atoms with van der Waals surface area (Å²) in [7, 11) is -3.90. The summed E-state index contributed by atoms with van der Waals surface area (Å²) in [5.74, 6) is 0.439. The maximum absolute atomic E-state index is 13.9. The highest BCUT2D eigenvalue weighted by atomic mass is 32.2. The first-order valence-electron chi connectivity index (χ1n) is 9.64. The minimum atomic E-state index is -3.90. The van der Waals surface area contributed by atoms with Crippen LogP contribution in [0.5, 0.6) is 0 Å². The van der Waals surface area contributed by atoms with Crippen molar-refractivity contribution in [1.29, 1.82) is 0 Å². The fourth-order valence-electron chi connectivity index (χ4n) is 5.08. The topological polar surface area (TPSA) is 66.5 Å². The van der Waals surface area contributed by atoms with Crippen LogP contribution in [-0.2, 0) is 14.8 Å². The van der Waals surface area contributed by atoms with Gasteiger partial charge in [-0.25, -0.2) is 12.8 Å². The highest BCUT2D eigenvalue weighted by molar-refractivity contribution is 7.93. The van der Waals surface area contributed by atoms with E-state index >= 15 is 0 Å². The number of carbonyl (C=O) groups is 1. The summed E-state index contributed by atoms with van der Waals surface area (Å²) < 4.78 is 41.4. The first kappa shape index (κ1) is 17.7. The Bertz CT molecular complexity index is 1070. The lowest BCUT2D eigenvalue weighted by Gasteiger charge is -2.32. The molecule has 0 aromatic heterocycles. The summed E-state index contributed by atoms with van der Waals surface area (Å²) in [5, 5.41) is 3.04. The second-order valence-corrected chi connectivity index (χ2v) is 9.85. The second kappa shape index (κ2) is 6.30. The maximum Gasteiger partial charge on any atom is 0.265 e. The summed E-state index contributed by atoms with van der Waals surface area (Å²) in [6, 6.07) is 10.6. The molecule has 3 aliphatic rings.